The first-order valence-corrected chi connectivity index (χ1v) is 12.8. The van der Waals surface area contributed by atoms with E-state index in [0.29, 0.717) is 0 Å². The highest BCUT2D eigenvalue weighted by molar-refractivity contribution is 6.16. The van der Waals surface area contributed by atoms with Gasteiger partial charge in [0, 0.05) is 54.0 Å². The van der Waals surface area contributed by atoms with Crippen LogP contribution in [0, 0.1) is 6.33 Å². The number of aryl methyl sites for hydroxylation is 1. The van der Waals surface area contributed by atoms with Gasteiger partial charge in [0.25, 0.3) is 0 Å². The maximum Gasteiger partial charge on any atom is 0.243 e. The molecule has 0 aliphatic carbocycles. The van der Waals surface area contributed by atoms with Crippen LogP contribution in [0.4, 0.5) is 22.7 Å². The molecular formula is C32H26N6. The molecule has 2 aromatic heterocycles. The fourth-order valence-electron chi connectivity index (χ4n) is 5.92. The summed E-state index contributed by atoms with van der Waals surface area (Å²) < 4.78 is 6.41. The highest BCUT2D eigenvalue weighted by Gasteiger charge is 2.29. The van der Waals surface area contributed by atoms with Crippen LogP contribution in [0.5, 0.6) is 0 Å². The van der Waals surface area contributed by atoms with Crippen molar-refractivity contribution in [3.8, 4) is 11.4 Å². The molecule has 38 heavy (non-hydrogen) atoms. The van der Waals surface area contributed by atoms with Gasteiger partial charge in [-0.3, -0.25) is 0 Å². The van der Waals surface area contributed by atoms with Gasteiger partial charge in [0.1, 0.15) is 0 Å². The Kier molecular flexibility index (Phi) is 4.32. The number of imidazole rings is 1. The minimum absolute atomic E-state index is 0.835. The molecule has 0 amide bonds. The highest BCUT2D eigenvalue weighted by atomic mass is 15.3. The second-order valence-electron chi connectivity index (χ2n) is 10.1. The lowest BCUT2D eigenvalue weighted by Gasteiger charge is -2.34. The second kappa shape index (κ2) is 7.76. The summed E-state index contributed by atoms with van der Waals surface area (Å²) in [5.41, 5.74) is 9.34. The van der Waals surface area contributed by atoms with Gasteiger partial charge in [-0.05, 0) is 42.5 Å². The van der Waals surface area contributed by atoms with E-state index in [1.807, 2.05) is 28.6 Å². The largest absolute Gasteiger partial charge is 0.361 e. The Balaban J connectivity index is 1.42. The molecule has 184 valence electrons. The summed E-state index contributed by atoms with van der Waals surface area (Å²) in [4.78, 5) is 6.89. The van der Waals surface area contributed by atoms with E-state index in [4.69, 9.17) is 0 Å². The van der Waals surface area contributed by atoms with E-state index in [2.05, 4.69) is 130 Å². The van der Waals surface area contributed by atoms with Crippen molar-refractivity contribution in [1.29, 1.82) is 0 Å². The van der Waals surface area contributed by atoms with Gasteiger partial charge in [-0.2, -0.15) is 0 Å². The fourth-order valence-corrected chi connectivity index (χ4v) is 5.92. The summed E-state index contributed by atoms with van der Waals surface area (Å²) in [5, 5.41) is 2.54. The molecule has 0 fully saturated rings. The van der Waals surface area contributed by atoms with Crippen LogP contribution in [0.25, 0.3) is 33.2 Å². The van der Waals surface area contributed by atoms with Crippen molar-refractivity contribution in [3.63, 3.8) is 0 Å². The summed E-state index contributed by atoms with van der Waals surface area (Å²) >= 11 is 0. The molecule has 0 N–H and O–H groups in total. The van der Waals surface area contributed by atoms with Crippen molar-refractivity contribution in [2.45, 2.75) is 0 Å². The van der Waals surface area contributed by atoms with E-state index >= 15 is 0 Å². The topological polar surface area (TPSA) is 23.5 Å². The lowest BCUT2D eigenvalue weighted by molar-refractivity contribution is -0.674. The van der Waals surface area contributed by atoms with E-state index in [9.17, 15) is 0 Å². The quantitative estimate of drug-likeness (QED) is 0.217. The fraction of sp³-hybridized carbons (Fsp3) is 0.0938. The minimum Gasteiger partial charge on any atom is -0.361 e. The van der Waals surface area contributed by atoms with Crippen LogP contribution < -0.4 is 14.4 Å². The predicted molar refractivity (Wildman–Crippen MR) is 153 cm³/mol. The molecule has 4 aromatic carbocycles. The number of aromatic nitrogens is 3. The smallest absolute Gasteiger partial charge is 0.243 e. The predicted octanol–water partition coefficient (Wildman–Crippen LogP) is 6.16. The summed E-state index contributed by atoms with van der Waals surface area (Å²) in [6.45, 7) is 0.835. The zero-order valence-electron chi connectivity index (χ0n) is 21.3. The first kappa shape index (κ1) is 21.1. The Morgan fingerprint density at radius 2 is 1.58 bits per heavy atom. The van der Waals surface area contributed by atoms with Crippen LogP contribution >= 0.6 is 0 Å². The summed E-state index contributed by atoms with van der Waals surface area (Å²) in [5.74, 6) is 0. The van der Waals surface area contributed by atoms with Crippen molar-refractivity contribution in [2.24, 2.45) is 7.05 Å². The molecule has 0 spiro atoms. The van der Waals surface area contributed by atoms with Gasteiger partial charge < -0.3 is 28.4 Å². The number of nitrogens with zero attached hydrogens (tertiary/aromatic N) is 6. The van der Waals surface area contributed by atoms with E-state index in [1.165, 1.54) is 38.9 Å². The number of hydrogen-bond acceptors (Lipinski definition) is 3. The van der Waals surface area contributed by atoms with Crippen LogP contribution in [0.15, 0.2) is 110 Å². The van der Waals surface area contributed by atoms with Gasteiger partial charge in [0.05, 0.1) is 47.5 Å². The van der Waals surface area contributed by atoms with Gasteiger partial charge in [0.2, 0.25) is 6.33 Å². The maximum absolute atomic E-state index is 3.34. The monoisotopic (exact) mass is 494 g/mol. The molecule has 0 radical (unpaired) electrons. The molecule has 0 saturated heterocycles. The van der Waals surface area contributed by atoms with Crippen LogP contribution in [0.2, 0.25) is 0 Å². The third-order valence-corrected chi connectivity index (χ3v) is 7.63. The molecule has 0 unspecified atom stereocenters. The van der Waals surface area contributed by atoms with Gasteiger partial charge in [0.15, 0.2) is 0 Å². The molecule has 0 bridgehead atoms. The Bertz CT molecular complexity index is 1910. The Labute approximate surface area is 221 Å². The van der Waals surface area contributed by atoms with Crippen LogP contribution in [0.1, 0.15) is 0 Å². The normalized spacial score (nSPS) is 14.2. The standard InChI is InChI=1S/C32H26N6/c1-33-15-17-35(21-33)23-7-5-8-25(19-23)37-30-12-6-10-27-26-9-3-4-11-28(26)38(32(27)30)29-14-13-24(20-31(29)37)36-18-16-34(2)22-36/h3-20H,22H2,1-2H3. The Hall–Kier alpha value is -4.97. The molecule has 4 heterocycles. The summed E-state index contributed by atoms with van der Waals surface area (Å²) in [7, 11) is 4.09. The Morgan fingerprint density at radius 3 is 2.42 bits per heavy atom. The van der Waals surface area contributed by atoms with Crippen molar-refractivity contribution < 1.29 is 4.57 Å². The molecule has 2 aliphatic heterocycles. The molecule has 6 aromatic rings. The molecule has 2 aliphatic rings. The van der Waals surface area contributed by atoms with Gasteiger partial charge in [-0.25, -0.2) is 0 Å². The Morgan fingerprint density at radius 1 is 0.737 bits per heavy atom. The number of hydrogen-bond donors (Lipinski definition) is 0. The summed E-state index contributed by atoms with van der Waals surface area (Å²) in [6, 6.07) is 30.9. The van der Waals surface area contributed by atoms with Crippen molar-refractivity contribution in [3.05, 3.63) is 116 Å². The first-order valence-electron chi connectivity index (χ1n) is 12.8. The van der Waals surface area contributed by atoms with E-state index in [0.717, 1.165) is 23.7 Å². The van der Waals surface area contributed by atoms with Crippen molar-refractivity contribution >= 4 is 44.6 Å². The molecule has 6 heteroatoms. The molecule has 0 atom stereocenters. The first-order chi connectivity index (χ1) is 18.7. The number of anilines is 4. The van der Waals surface area contributed by atoms with E-state index in [-0.39, 0.29) is 0 Å². The molecule has 6 nitrogen and oxygen atoms in total. The maximum atomic E-state index is 3.34. The van der Waals surface area contributed by atoms with Crippen LogP contribution in [-0.4, -0.2) is 27.8 Å². The zero-order valence-corrected chi connectivity index (χ0v) is 21.3. The van der Waals surface area contributed by atoms with E-state index in [1.54, 1.807) is 0 Å². The highest BCUT2D eigenvalue weighted by Crippen LogP contribution is 2.50. The lowest BCUT2D eigenvalue weighted by atomic mass is 10.1. The van der Waals surface area contributed by atoms with E-state index < -0.39 is 0 Å². The average Bonchev–Trinajstić information content (AvgIpc) is 3.67. The summed E-state index contributed by atoms with van der Waals surface area (Å²) in [6.07, 6.45) is 11.6. The number of para-hydroxylation sites is 2. The zero-order chi connectivity index (χ0) is 25.4. The number of benzene rings is 4. The SMILES string of the molecule is CN1C=CN(c2ccc3c(c2)N(c2cccc(-n4[c-][n+](C)cc4)c2)c2cccc4c5ccccc5n-3c24)C1. The van der Waals surface area contributed by atoms with Crippen LogP contribution in [-0.2, 0) is 7.05 Å². The minimum atomic E-state index is 0.835. The average molecular weight is 495 g/mol. The van der Waals surface area contributed by atoms with Gasteiger partial charge in [-0.15, -0.1) is 0 Å². The molecule has 8 rings (SSSR count). The molecular weight excluding hydrogens is 468 g/mol. The third kappa shape index (κ3) is 2.97. The molecule has 0 saturated carbocycles. The lowest BCUT2D eigenvalue weighted by Crippen LogP contribution is -2.24. The van der Waals surface area contributed by atoms with Gasteiger partial charge in [-0.1, -0.05) is 42.5 Å². The van der Waals surface area contributed by atoms with Gasteiger partial charge >= 0.3 is 0 Å². The van der Waals surface area contributed by atoms with Crippen molar-refractivity contribution in [1.82, 2.24) is 14.0 Å². The number of fused-ring (bicyclic) bond motifs is 5. The van der Waals surface area contributed by atoms with Crippen molar-refractivity contribution in [2.75, 3.05) is 23.5 Å². The van der Waals surface area contributed by atoms with Crippen LogP contribution in [0.3, 0.4) is 0 Å². The third-order valence-electron chi connectivity index (χ3n) is 7.63. The second-order valence-corrected chi connectivity index (χ2v) is 10.1. The number of rotatable bonds is 3.